The standard InChI is InChI=1S/C29H36N2O5S/c1-19-29(27(34)35-5)16-21(14-25(32)30-17-22-12-9-13-37-22)26(33)31(18-20-10-7-6-8-11-20)23(29)15-24(36-19)28(2,3)4/h6-13,15,19,21,24H,14,16-18H2,1-5H3,(H,30,32)/t19-,21+,24-,29+/m1/s1. The Kier molecular flexibility index (Phi) is 7.90. The van der Waals surface area contributed by atoms with E-state index in [2.05, 4.69) is 26.1 Å². The topological polar surface area (TPSA) is 84.9 Å². The lowest BCUT2D eigenvalue weighted by atomic mass is 9.65. The van der Waals surface area contributed by atoms with Crippen molar-refractivity contribution < 1.29 is 23.9 Å². The molecule has 0 bridgehead atoms. The number of esters is 1. The molecular weight excluding hydrogens is 488 g/mol. The number of nitrogens with one attached hydrogen (secondary N) is 1. The van der Waals surface area contributed by atoms with Crippen molar-refractivity contribution >= 4 is 29.1 Å². The van der Waals surface area contributed by atoms with Crippen LogP contribution in [0.5, 0.6) is 0 Å². The minimum Gasteiger partial charge on any atom is -0.468 e. The summed E-state index contributed by atoms with van der Waals surface area (Å²) in [5.74, 6) is -1.54. The Morgan fingerprint density at radius 1 is 1.19 bits per heavy atom. The van der Waals surface area contributed by atoms with Crippen LogP contribution in [0.4, 0.5) is 0 Å². The zero-order valence-electron chi connectivity index (χ0n) is 22.2. The summed E-state index contributed by atoms with van der Waals surface area (Å²) in [6, 6.07) is 13.6. The van der Waals surface area contributed by atoms with Gasteiger partial charge in [0.15, 0.2) is 0 Å². The van der Waals surface area contributed by atoms with Gasteiger partial charge in [-0.1, -0.05) is 57.2 Å². The zero-order chi connectivity index (χ0) is 26.8. The third kappa shape index (κ3) is 5.50. The summed E-state index contributed by atoms with van der Waals surface area (Å²) in [5.41, 5.74) is 0.105. The maximum absolute atomic E-state index is 14.0. The molecule has 1 N–H and O–H groups in total. The number of piperidine rings is 1. The highest BCUT2D eigenvalue weighted by atomic mass is 32.1. The van der Waals surface area contributed by atoms with Crippen LogP contribution in [0, 0.1) is 16.7 Å². The van der Waals surface area contributed by atoms with Gasteiger partial charge < -0.3 is 19.7 Å². The number of thiophene rings is 1. The molecule has 0 radical (unpaired) electrons. The normalized spacial score (nSPS) is 25.8. The predicted molar refractivity (Wildman–Crippen MR) is 142 cm³/mol. The van der Waals surface area contributed by atoms with E-state index in [4.69, 9.17) is 9.47 Å². The van der Waals surface area contributed by atoms with Gasteiger partial charge in [0.1, 0.15) is 5.41 Å². The summed E-state index contributed by atoms with van der Waals surface area (Å²) >= 11 is 1.56. The van der Waals surface area contributed by atoms with Gasteiger partial charge >= 0.3 is 5.97 Å². The summed E-state index contributed by atoms with van der Waals surface area (Å²) in [4.78, 5) is 43.2. The van der Waals surface area contributed by atoms with E-state index >= 15 is 0 Å². The smallest absolute Gasteiger partial charge is 0.320 e. The van der Waals surface area contributed by atoms with Gasteiger partial charge in [0.2, 0.25) is 11.8 Å². The highest BCUT2D eigenvalue weighted by Crippen LogP contribution is 2.52. The molecule has 0 saturated carbocycles. The van der Waals surface area contributed by atoms with E-state index in [9.17, 15) is 14.4 Å². The van der Waals surface area contributed by atoms with Crippen molar-refractivity contribution in [2.45, 2.75) is 65.8 Å². The van der Waals surface area contributed by atoms with Crippen molar-refractivity contribution in [1.29, 1.82) is 0 Å². The Labute approximate surface area is 222 Å². The molecule has 2 amide bonds. The maximum atomic E-state index is 14.0. The number of rotatable bonds is 7. The number of amides is 2. The van der Waals surface area contributed by atoms with Gasteiger partial charge in [-0.25, -0.2) is 0 Å². The third-order valence-corrected chi connectivity index (χ3v) is 8.22. The van der Waals surface area contributed by atoms with Crippen molar-refractivity contribution in [3.63, 3.8) is 0 Å². The molecular formula is C29H36N2O5S. The fourth-order valence-electron chi connectivity index (χ4n) is 5.27. The molecule has 1 fully saturated rings. The molecule has 4 atom stereocenters. The average molecular weight is 525 g/mol. The SMILES string of the molecule is COC(=O)[C@]12C[C@H](CC(=O)NCc3cccs3)C(=O)N(Cc3ccccc3)C1=C[C@H](C(C)(C)C)O[C@@H]2C. The van der Waals surface area contributed by atoms with Gasteiger partial charge in [-0.15, -0.1) is 11.3 Å². The molecule has 0 unspecified atom stereocenters. The first-order chi connectivity index (χ1) is 17.6. The Morgan fingerprint density at radius 3 is 2.54 bits per heavy atom. The molecule has 198 valence electrons. The minimum absolute atomic E-state index is 0.0169. The molecule has 2 aliphatic heterocycles. The lowest BCUT2D eigenvalue weighted by Crippen LogP contribution is -2.60. The summed E-state index contributed by atoms with van der Waals surface area (Å²) in [6.07, 6.45) is 1.21. The van der Waals surface area contributed by atoms with Crippen molar-refractivity contribution in [3.05, 3.63) is 70.1 Å². The molecule has 37 heavy (non-hydrogen) atoms. The number of carbonyl (C=O) groups is 3. The van der Waals surface area contributed by atoms with Crippen molar-refractivity contribution in [1.82, 2.24) is 10.2 Å². The second-order valence-corrected chi connectivity index (χ2v) is 12.0. The Hall–Kier alpha value is -2.97. The van der Waals surface area contributed by atoms with Gasteiger partial charge in [0, 0.05) is 22.9 Å². The number of carbonyl (C=O) groups excluding carboxylic acids is 3. The fourth-order valence-corrected chi connectivity index (χ4v) is 5.91. The molecule has 7 nitrogen and oxygen atoms in total. The molecule has 2 aromatic rings. The van der Waals surface area contributed by atoms with Crippen LogP contribution in [-0.4, -0.2) is 42.0 Å². The number of benzene rings is 1. The third-order valence-electron chi connectivity index (χ3n) is 7.34. The lowest BCUT2D eigenvalue weighted by Gasteiger charge is -2.53. The lowest BCUT2D eigenvalue weighted by molar-refractivity contribution is -0.180. The number of hydrogen-bond acceptors (Lipinski definition) is 6. The van der Waals surface area contributed by atoms with E-state index in [0.29, 0.717) is 18.8 Å². The second-order valence-electron chi connectivity index (χ2n) is 11.0. The molecule has 3 heterocycles. The Morgan fingerprint density at radius 2 is 1.92 bits per heavy atom. The van der Waals surface area contributed by atoms with Crippen LogP contribution >= 0.6 is 11.3 Å². The first kappa shape index (κ1) is 27.1. The monoisotopic (exact) mass is 524 g/mol. The highest BCUT2D eigenvalue weighted by molar-refractivity contribution is 7.09. The van der Waals surface area contributed by atoms with Gasteiger partial charge in [-0.3, -0.25) is 14.4 Å². The number of ether oxygens (including phenoxy) is 2. The van der Waals surface area contributed by atoms with Crippen LogP contribution in [0.3, 0.4) is 0 Å². The Bertz CT molecular complexity index is 1150. The first-order valence-electron chi connectivity index (χ1n) is 12.7. The summed E-state index contributed by atoms with van der Waals surface area (Å²) < 4.78 is 11.7. The van der Waals surface area contributed by atoms with E-state index in [0.717, 1.165) is 10.4 Å². The first-order valence-corrected chi connectivity index (χ1v) is 13.5. The number of methoxy groups -OCH3 is 1. The van der Waals surface area contributed by atoms with Crippen LogP contribution in [0.1, 0.15) is 51.0 Å². The largest absolute Gasteiger partial charge is 0.468 e. The van der Waals surface area contributed by atoms with Crippen LogP contribution < -0.4 is 5.32 Å². The Balaban J connectivity index is 1.72. The highest BCUT2D eigenvalue weighted by Gasteiger charge is 2.60. The van der Waals surface area contributed by atoms with Crippen molar-refractivity contribution in [2.24, 2.45) is 16.7 Å². The van der Waals surface area contributed by atoms with E-state index in [1.54, 1.807) is 16.2 Å². The van der Waals surface area contributed by atoms with Gasteiger partial charge in [-0.05, 0) is 41.8 Å². The van der Waals surface area contributed by atoms with E-state index in [1.807, 2.05) is 60.8 Å². The summed E-state index contributed by atoms with van der Waals surface area (Å²) in [7, 11) is 1.36. The fraction of sp³-hybridized carbons (Fsp3) is 0.483. The minimum atomic E-state index is -1.20. The van der Waals surface area contributed by atoms with Gasteiger partial charge in [-0.2, -0.15) is 0 Å². The number of fused-ring (bicyclic) bond motifs is 1. The second kappa shape index (κ2) is 10.8. The van der Waals surface area contributed by atoms with E-state index in [-0.39, 0.29) is 36.2 Å². The summed E-state index contributed by atoms with van der Waals surface area (Å²) in [5, 5.41) is 4.88. The van der Waals surface area contributed by atoms with Crippen LogP contribution in [0.2, 0.25) is 0 Å². The average Bonchev–Trinajstić information content (AvgIpc) is 3.39. The molecule has 1 saturated heterocycles. The number of hydrogen-bond donors (Lipinski definition) is 1. The predicted octanol–water partition coefficient (Wildman–Crippen LogP) is 4.68. The molecule has 1 aromatic carbocycles. The quantitative estimate of drug-likeness (QED) is 0.532. The molecule has 1 aromatic heterocycles. The molecule has 0 spiro atoms. The van der Waals surface area contributed by atoms with E-state index < -0.39 is 23.4 Å². The zero-order valence-corrected chi connectivity index (χ0v) is 23.0. The van der Waals surface area contributed by atoms with Crippen LogP contribution in [0.25, 0.3) is 0 Å². The van der Waals surface area contributed by atoms with Crippen LogP contribution in [0.15, 0.2) is 59.6 Å². The molecule has 0 aliphatic carbocycles. The number of nitrogens with zero attached hydrogens (tertiary/aromatic N) is 1. The van der Waals surface area contributed by atoms with Gasteiger partial charge in [0.25, 0.3) is 0 Å². The maximum Gasteiger partial charge on any atom is 0.320 e. The number of likely N-dealkylation sites (tertiary alicyclic amines) is 1. The van der Waals surface area contributed by atoms with Crippen LogP contribution in [-0.2, 0) is 36.9 Å². The summed E-state index contributed by atoms with van der Waals surface area (Å²) in [6.45, 7) is 8.78. The molecule has 2 aliphatic rings. The van der Waals surface area contributed by atoms with Gasteiger partial charge in [0.05, 0.1) is 32.4 Å². The van der Waals surface area contributed by atoms with Crippen molar-refractivity contribution in [3.8, 4) is 0 Å². The van der Waals surface area contributed by atoms with Crippen molar-refractivity contribution in [2.75, 3.05) is 7.11 Å². The molecule has 4 rings (SSSR count). The van der Waals surface area contributed by atoms with E-state index in [1.165, 1.54) is 7.11 Å². The molecule has 8 heteroatoms.